The van der Waals surface area contributed by atoms with Gasteiger partial charge in [-0.1, -0.05) is 78.3 Å². The average Bonchev–Trinajstić information content (AvgIpc) is 3.83. The highest BCUT2D eigenvalue weighted by atomic mass is 32.1. The van der Waals surface area contributed by atoms with Crippen LogP contribution in [-0.4, -0.2) is 136 Å². The second-order valence-corrected chi connectivity index (χ2v) is 16.5. The Morgan fingerprint density at radius 2 is 1.59 bits per heavy atom. The van der Waals surface area contributed by atoms with Gasteiger partial charge in [-0.25, -0.2) is 4.98 Å². The molecule has 0 bridgehead atoms. The van der Waals surface area contributed by atoms with Crippen LogP contribution in [-0.2, 0) is 44.5 Å². The summed E-state index contributed by atoms with van der Waals surface area (Å²) in [5, 5.41) is 11.7. The Bertz CT molecular complexity index is 1500. The van der Waals surface area contributed by atoms with Gasteiger partial charge in [0.2, 0.25) is 17.7 Å². The number of thiazole rings is 1. The maximum Gasteiger partial charge on any atom is 0.252 e. The van der Waals surface area contributed by atoms with Crippen LogP contribution < -0.4 is 16.0 Å². The van der Waals surface area contributed by atoms with Gasteiger partial charge in [0.15, 0.2) is 6.10 Å². The average molecular weight is 803 g/mol. The molecule has 15 heteroatoms. The quantitative estimate of drug-likeness (QED) is 0.161. The first kappa shape index (κ1) is 46.9. The number of benzene rings is 1. The van der Waals surface area contributed by atoms with Crippen LogP contribution in [0.5, 0.6) is 0 Å². The zero-order chi connectivity index (χ0) is 41.7. The van der Waals surface area contributed by atoms with Crippen LogP contribution in [0.25, 0.3) is 0 Å². The van der Waals surface area contributed by atoms with E-state index < -0.39 is 48.6 Å². The third kappa shape index (κ3) is 12.3. The van der Waals surface area contributed by atoms with Gasteiger partial charge in [0.05, 0.1) is 30.7 Å². The molecule has 1 saturated heterocycles. The molecule has 0 unspecified atom stereocenters. The highest BCUT2D eigenvalue weighted by molar-refractivity contribution is 7.09. The summed E-state index contributed by atoms with van der Waals surface area (Å²) >= 11 is 1.46. The number of ether oxygens (including phenoxy) is 4. The molecule has 1 fully saturated rings. The molecule has 314 valence electrons. The van der Waals surface area contributed by atoms with Crippen LogP contribution in [0.1, 0.15) is 71.0 Å². The lowest BCUT2D eigenvalue weighted by atomic mass is 9.89. The minimum absolute atomic E-state index is 0.0386. The van der Waals surface area contributed by atoms with Crippen molar-refractivity contribution in [3.63, 3.8) is 0 Å². The van der Waals surface area contributed by atoms with Crippen LogP contribution >= 0.6 is 11.3 Å². The number of amides is 4. The van der Waals surface area contributed by atoms with E-state index in [9.17, 15) is 19.2 Å². The maximum absolute atomic E-state index is 14.2. The van der Waals surface area contributed by atoms with E-state index >= 15 is 0 Å². The summed E-state index contributed by atoms with van der Waals surface area (Å²) in [5.74, 6) is -1.34. The van der Waals surface area contributed by atoms with Crippen molar-refractivity contribution in [1.82, 2.24) is 30.7 Å². The molecule has 56 heavy (non-hydrogen) atoms. The number of carbonyl (C=O) groups excluding carboxylic acids is 4. The Kier molecular flexibility index (Phi) is 18.8. The standard InChI is InChI=1S/C41H66N6O8S/c1-13-26(6)34(47(9)41(51)32(24(2)3)45-38(49)33(25(4)5)46(7)8)29(52-10)22-31(48)43-23-30-35(53-11)36(54-12)37(55-30)39(50)44-28(40-42-19-20-56-40)21-27-17-15-14-16-18-27/h14-20,24-26,28-30,32-37H,13,21-23H2,1-12H3,(H,43,48)(H,44,50)(H,45,49)/t26-,28-,29+,30+,32-,33-,34-,35+,36-,37-/m0/s1. The lowest BCUT2D eigenvalue weighted by molar-refractivity contribution is -0.144. The summed E-state index contributed by atoms with van der Waals surface area (Å²) in [7, 11) is 9.96. The number of methoxy groups -OCH3 is 3. The molecule has 0 radical (unpaired) electrons. The first-order chi connectivity index (χ1) is 26.6. The molecule has 1 aliphatic heterocycles. The van der Waals surface area contributed by atoms with E-state index in [1.807, 2.05) is 96.2 Å². The smallest absolute Gasteiger partial charge is 0.252 e. The topological polar surface area (TPSA) is 161 Å². The minimum atomic E-state index is -1.01. The Labute approximate surface area is 337 Å². The monoisotopic (exact) mass is 802 g/mol. The zero-order valence-corrected chi connectivity index (χ0v) is 36.1. The first-order valence-electron chi connectivity index (χ1n) is 19.6. The van der Waals surface area contributed by atoms with E-state index in [2.05, 4.69) is 20.9 Å². The fourth-order valence-corrected chi connectivity index (χ4v) is 8.35. The third-order valence-corrected chi connectivity index (χ3v) is 11.6. The molecule has 1 aromatic carbocycles. The van der Waals surface area contributed by atoms with Crippen LogP contribution in [0, 0.1) is 17.8 Å². The van der Waals surface area contributed by atoms with E-state index in [0.29, 0.717) is 6.42 Å². The highest BCUT2D eigenvalue weighted by Gasteiger charge is 2.49. The molecule has 3 N–H and O–H groups in total. The van der Waals surface area contributed by atoms with Crippen LogP contribution in [0.4, 0.5) is 0 Å². The second-order valence-electron chi connectivity index (χ2n) is 15.6. The van der Waals surface area contributed by atoms with Crippen LogP contribution in [0.2, 0.25) is 0 Å². The molecule has 1 aromatic heterocycles. The number of hydrogen-bond donors (Lipinski definition) is 3. The van der Waals surface area contributed by atoms with Gasteiger partial charge in [0.25, 0.3) is 5.91 Å². The fourth-order valence-electron chi connectivity index (χ4n) is 7.66. The van der Waals surface area contributed by atoms with Crippen molar-refractivity contribution in [2.45, 2.75) is 115 Å². The molecular weight excluding hydrogens is 737 g/mol. The van der Waals surface area contributed by atoms with E-state index in [-0.39, 0.29) is 60.4 Å². The Hall–Kier alpha value is -3.47. The van der Waals surface area contributed by atoms with E-state index in [1.165, 1.54) is 32.7 Å². The van der Waals surface area contributed by atoms with Crippen LogP contribution in [0.3, 0.4) is 0 Å². The Balaban J connectivity index is 1.72. The van der Waals surface area contributed by atoms with Crippen molar-refractivity contribution >= 4 is 35.0 Å². The molecule has 3 rings (SSSR count). The second kappa shape index (κ2) is 22.5. The molecule has 10 atom stereocenters. The summed E-state index contributed by atoms with van der Waals surface area (Å²) in [5.41, 5.74) is 1.05. The predicted octanol–water partition coefficient (Wildman–Crippen LogP) is 3.46. The molecule has 1 aliphatic rings. The highest BCUT2D eigenvalue weighted by Crippen LogP contribution is 2.29. The molecule has 14 nitrogen and oxygen atoms in total. The predicted molar refractivity (Wildman–Crippen MR) is 217 cm³/mol. The molecule has 2 heterocycles. The first-order valence-corrected chi connectivity index (χ1v) is 20.4. The summed E-state index contributed by atoms with van der Waals surface area (Å²) in [4.78, 5) is 62.9. The maximum atomic E-state index is 14.2. The number of aromatic nitrogens is 1. The van der Waals surface area contributed by atoms with Crippen molar-refractivity contribution in [2.24, 2.45) is 17.8 Å². The largest absolute Gasteiger partial charge is 0.379 e. The molecular formula is C41H66N6O8S. The molecule has 4 amide bonds. The van der Waals surface area contributed by atoms with Gasteiger partial charge >= 0.3 is 0 Å². The lowest BCUT2D eigenvalue weighted by Gasteiger charge is -2.40. The van der Waals surface area contributed by atoms with E-state index in [0.717, 1.165) is 17.0 Å². The normalized spacial score (nSPS) is 21.6. The van der Waals surface area contributed by atoms with Crippen molar-refractivity contribution in [2.75, 3.05) is 49.0 Å². The van der Waals surface area contributed by atoms with Gasteiger partial charge in [-0.3, -0.25) is 24.1 Å². The SMILES string of the molecule is CC[C@H](C)[C@@H]([C@@H](CC(=O)NC[C@H]1O[C@H](C(=O)N[C@@H](Cc2ccccc2)c2nccs2)[C@@H](OC)[C@@H]1OC)OC)N(C)C(=O)[C@@H](NC(=O)[C@H](C(C)C)N(C)C)C(C)C. The number of nitrogens with zero attached hydrogens (tertiary/aromatic N) is 3. The van der Waals surface area contributed by atoms with Gasteiger partial charge < -0.3 is 39.8 Å². The van der Waals surface area contributed by atoms with Crippen molar-refractivity contribution in [3.05, 3.63) is 52.5 Å². The molecule has 0 saturated carbocycles. The number of likely N-dealkylation sites (N-methyl/N-ethyl adjacent to an activating group) is 2. The van der Waals surface area contributed by atoms with Crippen molar-refractivity contribution in [3.8, 4) is 0 Å². The molecule has 0 aliphatic carbocycles. The van der Waals surface area contributed by atoms with Crippen LogP contribution in [0.15, 0.2) is 41.9 Å². The number of hydrogen-bond acceptors (Lipinski definition) is 11. The van der Waals surface area contributed by atoms with Gasteiger partial charge in [0, 0.05) is 46.5 Å². The van der Waals surface area contributed by atoms with Gasteiger partial charge in [-0.15, -0.1) is 11.3 Å². The van der Waals surface area contributed by atoms with Crippen molar-refractivity contribution in [1.29, 1.82) is 0 Å². The number of nitrogens with one attached hydrogen (secondary N) is 3. The summed E-state index contributed by atoms with van der Waals surface area (Å²) in [6.07, 6.45) is -0.820. The van der Waals surface area contributed by atoms with Crippen molar-refractivity contribution < 1.29 is 38.1 Å². The number of rotatable bonds is 22. The summed E-state index contributed by atoms with van der Waals surface area (Å²) in [6.45, 7) is 11.8. The van der Waals surface area contributed by atoms with E-state index in [1.54, 1.807) is 18.1 Å². The zero-order valence-electron chi connectivity index (χ0n) is 35.3. The van der Waals surface area contributed by atoms with Gasteiger partial charge in [-0.05, 0) is 43.8 Å². The molecule has 2 aromatic rings. The lowest BCUT2D eigenvalue weighted by Crippen LogP contribution is -2.59. The summed E-state index contributed by atoms with van der Waals surface area (Å²) < 4.78 is 23.7. The molecule has 0 spiro atoms. The Morgan fingerprint density at radius 3 is 2.11 bits per heavy atom. The minimum Gasteiger partial charge on any atom is -0.379 e. The third-order valence-electron chi connectivity index (χ3n) is 10.7. The van der Waals surface area contributed by atoms with Gasteiger partial charge in [-0.2, -0.15) is 0 Å². The Morgan fingerprint density at radius 1 is 0.929 bits per heavy atom. The van der Waals surface area contributed by atoms with Gasteiger partial charge in [0.1, 0.15) is 29.4 Å². The number of carbonyl (C=O) groups is 4. The fraction of sp³-hybridized carbons (Fsp3) is 0.683. The summed E-state index contributed by atoms with van der Waals surface area (Å²) in [6, 6.07) is 7.82. The van der Waals surface area contributed by atoms with E-state index in [4.69, 9.17) is 18.9 Å².